The van der Waals surface area contributed by atoms with E-state index in [-0.39, 0.29) is 10.4 Å². The Morgan fingerprint density at radius 2 is 2.00 bits per heavy atom. The Hall–Kier alpha value is -2.19. The molecule has 0 saturated heterocycles. The minimum atomic E-state index is -0.421. The van der Waals surface area contributed by atoms with Crippen molar-refractivity contribution in [2.24, 2.45) is 7.05 Å². The molecule has 1 aromatic carbocycles. The van der Waals surface area contributed by atoms with Crippen molar-refractivity contribution in [2.45, 2.75) is 0 Å². The highest BCUT2D eigenvalue weighted by atomic mass is 32.1. The quantitative estimate of drug-likeness (QED) is 0.823. The smallest absolute Gasteiger partial charge is 0.271 e. The first kappa shape index (κ1) is 11.3. The topological polar surface area (TPSA) is 69.6 Å². The molecule has 2 rings (SSSR count). The monoisotopic (exact) mass is 243 g/mol. The molecule has 0 aliphatic carbocycles. The predicted octanol–water partition coefficient (Wildman–Crippen LogP) is 1.46. The van der Waals surface area contributed by atoms with Crippen molar-refractivity contribution in [1.29, 1.82) is 10.7 Å². The van der Waals surface area contributed by atoms with Gasteiger partial charge in [-0.25, -0.2) is 0 Å². The standard InChI is InChI=1S/C12H9N3OS/c1-15-11(16)9(7-13)10(17-12(15)14)8-5-3-2-4-6-8/h2-6,14H,1H3. The van der Waals surface area contributed by atoms with Crippen LogP contribution in [0, 0.1) is 16.7 Å². The fourth-order valence-electron chi connectivity index (χ4n) is 1.46. The van der Waals surface area contributed by atoms with Gasteiger partial charge in [-0.2, -0.15) is 5.26 Å². The molecule has 1 N–H and O–H groups in total. The fourth-order valence-corrected chi connectivity index (χ4v) is 2.37. The van der Waals surface area contributed by atoms with Gasteiger partial charge in [-0.3, -0.25) is 14.8 Å². The Bertz CT molecular complexity index is 707. The molecule has 0 aliphatic heterocycles. The molecule has 1 aromatic heterocycles. The van der Waals surface area contributed by atoms with Crippen molar-refractivity contribution in [3.63, 3.8) is 0 Å². The van der Waals surface area contributed by atoms with E-state index in [0.29, 0.717) is 4.88 Å². The van der Waals surface area contributed by atoms with Gasteiger partial charge in [-0.05, 0) is 5.56 Å². The summed E-state index contributed by atoms with van der Waals surface area (Å²) in [7, 11) is 1.50. The lowest BCUT2D eigenvalue weighted by molar-refractivity contribution is 0.807. The van der Waals surface area contributed by atoms with Gasteiger partial charge in [0.15, 0.2) is 4.80 Å². The Balaban J connectivity index is 2.86. The molecule has 0 unspecified atom stereocenters. The van der Waals surface area contributed by atoms with E-state index in [1.165, 1.54) is 11.6 Å². The van der Waals surface area contributed by atoms with E-state index in [0.717, 1.165) is 16.9 Å². The normalized spacial score (nSPS) is 9.88. The molecule has 0 saturated carbocycles. The molecule has 1 heterocycles. The summed E-state index contributed by atoms with van der Waals surface area (Å²) in [6, 6.07) is 11.1. The second-order valence-corrected chi connectivity index (χ2v) is 4.45. The third kappa shape index (κ3) is 1.90. The summed E-state index contributed by atoms with van der Waals surface area (Å²) < 4.78 is 1.18. The van der Waals surface area contributed by atoms with E-state index in [1.54, 1.807) is 0 Å². The summed E-state index contributed by atoms with van der Waals surface area (Å²) in [6.45, 7) is 0. The van der Waals surface area contributed by atoms with Gasteiger partial charge in [-0.15, -0.1) is 0 Å². The van der Waals surface area contributed by atoms with Crippen molar-refractivity contribution < 1.29 is 0 Å². The van der Waals surface area contributed by atoms with E-state index >= 15 is 0 Å². The molecule has 0 aliphatic rings. The van der Waals surface area contributed by atoms with E-state index in [1.807, 2.05) is 36.4 Å². The predicted molar refractivity (Wildman–Crippen MR) is 65.6 cm³/mol. The Labute approximate surface area is 102 Å². The molecule has 17 heavy (non-hydrogen) atoms. The van der Waals surface area contributed by atoms with Crippen molar-refractivity contribution in [3.05, 3.63) is 51.1 Å². The highest BCUT2D eigenvalue weighted by Gasteiger charge is 2.12. The minimum Gasteiger partial charge on any atom is -0.287 e. The number of rotatable bonds is 1. The summed E-state index contributed by atoms with van der Waals surface area (Å²) in [5.41, 5.74) is 0.468. The second-order valence-electron chi connectivity index (χ2n) is 3.45. The molecule has 5 heteroatoms. The molecule has 0 atom stereocenters. The Morgan fingerprint density at radius 1 is 1.35 bits per heavy atom. The van der Waals surface area contributed by atoms with Gasteiger partial charge in [0.1, 0.15) is 11.6 Å². The van der Waals surface area contributed by atoms with Crippen LogP contribution in [0.25, 0.3) is 10.4 Å². The van der Waals surface area contributed by atoms with Crippen molar-refractivity contribution >= 4 is 11.3 Å². The van der Waals surface area contributed by atoms with Gasteiger partial charge in [0.2, 0.25) is 0 Å². The first-order chi connectivity index (χ1) is 8.15. The molecular weight excluding hydrogens is 234 g/mol. The average molecular weight is 243 g/mol. The van der Waals surface area contributed by atoms with Crippen LogP contribution in [0.2, 0.25) is 0 Å². The van der Waals surface area contributed by atoms with Crippen LogP contribution in [0.4, 0.5) is 0 Å². The zero-order chi connectivity index (χ0) is 12.4. The third-order valence-corrected chi connectivity index (χ3v) is 3.51. The number of nitriles is 1. The number of benzene rings is 1. The zero-order valence-electron chi connectivity index (χ0n) is 9.10. The van der Waals surface area contributed by atoms with Crippen LogP contribution in [0.3, 0.4) is 0 Å². The van der Waals surface area contributed by atoms with Gasteiger partial charge in [-0.1, -0.05) is 41.7 Å². The van der Waals surface area contributed by atoms with Gasteiger partial charge >= 0.3 is 0 Å². The van der Waals surface area contributed by atoms with Crippen LogP contribution in [0.5, 0.6) is 0 Å². The van der Waals surface area contributed by atoms with Crippen LogP contribution in [-0.4, -0.2) is 4.57 Å². The van der Waals surface area contributed by atoms with Crippen LogP contribution in [-0.2, 0) is 7.05 Å². The molecule has 0 radical (unpaired) electrons. The van der Waals surface area contributed by atoms with Crippen molar-refractivity contribution in [2.75, 3.05) is 0 Å². The van der Waals surface area contributed by atoms with Gasteiger partial charge in [0.25, 0.3) is 5.56 Å². The first-order valence-corrected chi connectivity index (χ1v) is 5.71. The lowest BCUT2D eigenvalue weighted by atomic mass is 10.1. The summed E-state index contributed by atoms with van der Waals surface area (Å²) >= 11 is 1.13. The Morgan fingerprint density at radius 3 is 2.59 bits per heavy atom. The summed E-state index contributed by atoms with van der Waals surface area (Å²) in [6.07, 6.45) is 0. The third-order valence-electron chi connectivity index (χ3n) is 2.40. The molecule has 4 nitrogen and oxygen atoms in total. The van der Waals surface area contributed by atoms with Crippen molar-refractivity contribution in [1.82, 2.24) is 4.57 Å². The van der Waals surface area contributed by atoms with E-state index in [4.69, 9.17) is 10.7 Å². The molecule has 2 aromatic rings. The van der Waals surface area contributed by atoms with Crippen LogP contribution < -0.4 is 10.4 Å². The van der Waals surface area contributed by atoms with Crippen LogP contribution >= 0.6 is 11.3 Å². The summed E-state index contributed by atoms with van der Waals surface area (Å²) in [5.74, 6) is 0. The molecule has 0 bridgehead atoms. The minimum absolute atomic E-state index is 0.0969. The molecule has 0 amide bonds. The van der Waals surface area contributed by atoms with Gasteiger partial charge in [0, 0.05) is 7.05 Å². The SMILES string of the molecule is Cn1c(=N)sc(-c2ccccc2)c(C#N)c1=O. The first-order valence-electron chi connectivity index (χ1n) is 4.89. The highest BCUT2D eigenvalue weighted by molar-refractivity contribution is 7.12. The summed E-state index contributed by atoms with van der Waals surface area (Å²) in [5, 5.41) is 16.8. The molecule has 0 spiro atoms. The zero-order valence-corrected chi connectivity index (χ0v) is 9.91. The van der Waals surface area contributed by atoms with E-state index < -0.39 is 5.56 Å². The molecule has 84 valence electrons. The molecular formula is C12H9N3OS. The van der Waals surface area contributed by atoms with Crippen molar-refractivity contribution in [3.8, 4) is 16.5 Å². The number of aromatic nitrogens is 1. The van der Waals surface area contributed by atoms with Gasteiger partial charge in [0.05, 0.1) is 4.88 Å². The fraction of sp³-hybridized carbons (Fsp3) is 0.0833. The lowest BCUT2D eigenvalue weighted by Gasteiger charge is -2.04. The maximum Gasteiger partial charge on any atom is 0.271 e. The Kier molecular flexibility index (Phi) is 2.90. The van der Waals surface area contributed by atoms with Gasteiger partial charge < -0.3 is 0 Å². The lowest BCUT2D eigenvalue weighted by Crippen LogP contribution is -2.30. The van der Waals surface area contributed by atoms with E-state index in [2.05, 4.69) is 0 Å². The maximum atomic E-state index is 11.8. The highest BCUT2D eigenvalue weighted by Crippen LogP contribution is 2.22. The summed E-state index contributed by atoms with van der Waals surface area (Å²) in [4.78, 5) is 12.5. The maximum absolute atomic E-state index is 11.8. The molecule has 0 fully saturated rings. The number of hydrogen-bond donors (Lipinski definition) is 1. The van der Waals surface area contributed by atoms with E-state index in [9.17, 15) is 4.79 Å². The largest absolute Gasteiger partial charge is 0.287 e. The second kappa shape index (κ2) is 4.36. The van der Waals surface area contributed by atoms with Crippen LogP contribution in [0.1, 0.15) is 5.56 Å². The van der Waals surface area contributed by atoms with Crippen LogP contribution in [0.15, 0.2) is 35.1 Å². The number of hydrogen-bond acceptors (Lipinski definition) is 4. The number of nitrogens with zero attached hydrogens (tertiary/aromatic N) is 2. The number of nitrogens with one attached hydrogen (secondary N) is 1. The average Bonchev–Trinajstić information content (AvgIpc) is 2.36.